The van der Waals surface area contributed by atoms with Crippen LogP contribution in [0, 0.1) is 0 Å². The molecule has 0 N–H and O–H groups in total. The summed E-state index contributed by atoms with van der Waals surface area (Å²) < 4.78 is 17.2. The van der Waals surface area contributed by atoms with Crippen molar-refractivity contribution in [1.82, 2.24) is 14.4 Å². The van der Waals surface area contributed by atoms with Crippen LogP contribution in [0.3, 0.4) is 0 Å². The van der Waals surface area contributed by atoms with Crippen molar-refractivity contribution in [3.05, 3.63) is 109 Å². The number of hydrogen-bond donors (Lipinski definition) is 0. The SMILES string of the molecule is O=P1(c2ccc3nc4c5ccncc5c5ccccc5n4c3c2)c2ccccc2-c2ccccc21. The average molecular weight is 467 g/mol. The molecule has 0 saturated carbocycles. The van der Waals surface area contributed by atoms with E-state index in [9.17, 15) is 4.57 Å². The first kappa shape index (κ1) is 19.1. The standard InChI is InChI=1S/C30H18N3OP/c34-35(28-11-5-2-8-21(28)22-9-3-6-12-29(22)35)19-13-14-25-27(17-19)33-26-10-4-1-7-20(26)24-18-31-16-15-23(24)30(33)32-25/h1-18H. The Bertz CT molecular complexity index is 2010. The van der Waals surface area contributed by atoms with Gasteiger partial charge in [-0.3, -0.25) is 9.38 Å². The molecule has 0 atom stereocenters. The Morgan fingerprint density at radius 2 is 1.37 bits per heavy atom. The van der Waals surface area contributed by atoms with E-state index in [-0.39, 0.29) is 0 Å². The van der Waals surface area contributed by atoms with Gasteiger partial charge in [0.25, 0.3) is 0 Å². The van der Waals surface area contributed by atoms with E-state index in [1.54, 1.807) is 0 Å². The molecule has 0 unspecified atom stereocenters. The topological polar surface area (TPSA) is 47.3 Å². The van der Waals surface area contributed by atoms with E-state index < -0.39 is 7.14 Å². The zero-order valence-corrected chi connectivity index (χ0v) is 19.5. The largest absolute Gasteiger partial charge is 0.309 e. The molecular formula is C30H18N3OP. The van der Waals surface area contributed by atoms with E-state index >= 15 is 0 Å². The molecule has 7 aromatic rings. The van der Waals surface area contributed by atoms with Crippen molar-refractivity contribution < 1.29 is 4.57 Å². The summed E-state index contributed by atoms with van der Waals surface area (Å²) in [5.41, 5.74) is 5.93. The highest BCUT2D eigenvalue weighted by molar-refractivity contribution is 7.86. The van der Waals surface area contributed by atoms with E-state index in [0.717, 1.165) is 65.4 Å². The van der Waals surface area contributed by atoms with E-state index in [2.05, 4.69) is 45.8 Å². The van der Waals surface area contributed by atoms with Gasteiger partial charge >= 0.3 is 0 Å². The van der Waals surface area contributed by atoms with Gasteiger partial charge < -0.3 is 4.57 Å². The van der Waals surface area contributed by atoms with Gasteiger partial charge in [0.05, 0.1) is 16.6 Å². The van der Waals surface area contributed by atoms with Crippen molar-refractivity contribution in [1.29, 1.82) is 0 Å². The number of aromatic nitrogens is 3. The lowest BCUT2D eigenvalue weighted by atomic mass is 10.1. The number of fused-ring (bicyclic) bond motifs is 11. The molecule has 0 radical (unpaired) electrons. The highest BCUT2D eigenvalue weighted by Gasteiger charge is 2.40. The molecule has 0 saturated heterocycles. The third kappa shape index (κ3) is 2.35. The molecule has 3 aromatic heterocycles. The van der Waals surface area contributed by atoms with Crippen LogP contribution in [-0.4, -0.2) is 14.4 Å². The summed E-state index contributed by atoms with van der Waals surface area (Å²) in [7, 11) is -3.02. The highest BCUT2D eigenvalue weighted by Crippen LogP contribution is 2.52. The molecule has 1 aliphatic rings. The fraction of sp³-hybridized carbons (Fsp3) is 0. The molecule has 164 valence electrons. The number of nitrogens with zero attached hydrogens (tertiary/aromatic N) is 3. The number of pyridine rings is 2. The predicted molar refractivity (Wildman–Crippen MR) is 144 cm³/mol. The molecule has 4 heterocycles. The van der Waals surface area contributed by atoms with Crippen molar-refractivity contribution in [2.75, 3.05) is 0 Å². The van der Waals surface area contributed by atoms with Crippen LogP contribution >= 0.6 is 7.14 Å². The quantitative estimate of drug-likeness (QED) is 0.226. The minimum absolute atomic E-state index is 0.836. The molecule has 5 heteroatoms. The fourth-order valence-electron chi connectivity index (χ4n) is 5.74. The number of hydrogen-bond acceptors (Lipinski definition) is 3. The lowest BCUT2D eigenvalue weighted by Gasteiger charge is -2.16. The van der Waals surface area contributed by atoms with Gasteiger partial charge in [0, 0.05) is 44.5 Å². The lowest BCUT2D eigenvalue weighted by molar-refractivity contribution is 0.593. The van der Waals surface area contributed by atoms with Crippen LogP contribution in [0.25, 0.3) is 49.5 Å². The zero-order chi connectivity index (χ0) is 23.1. The number of para-hydroxylation sites is 1. The number of imidazole rings is 1. The Balaban J connectivity index is 1.52. The van der Waals surface area contributed by atoms with E-state index in [0.29, 0.717) is 0 Å². The molecule has 0 fully saturated rings. The lowest BCUT2D eigenvalue weighted by Crippen LogP contribution is -2.20. The predicted octanol–water partition coefficient (Wildman–Crippen LogP) is 5.81. The first-order valence-corrected chi connectivity index (χ1v) is 13.3. The monoisotopic (exact) mass is 467 g/mol. The third-order valence-electron chi connectivity index (χ3n) is 7.28. The van der Waals surface area contributed by atoms with Crippen LogP contribution in [0.15, 0.2) is 109 Å². The van der Waals surface area contributed by atoms with Gasteiger partial charge in [-0.05, 0) is 41.5 Å². The van der Waals surface area contributed by atoms with Crippen LogP contribution in [0.4, 0.5) is 0 Å². The van der Waals surface area contributed by atoms with E-state index in [1.807, 2.05) is 73.1 Å². The smallest absolute Gasteiger partial charge is 0.172 e. The normalized spacial score (nSPS) is 14.1. The van der Waals surface area contributed by atoms with Crippen molar-refractivity contribution in [2.24, 2.45) is 0 Å². The first-order valence-electron chi connectivity index (χ1n) is 11.6. The van der Waals surface area contributed by atoms with Crippen LogP contribution in [0.5, 0.6) is 0 Å². The molecular weight excluding hydrogens is 449 g/mol. The fourth-order valence-corrected chi connectivity index (χ4v) is 8.81. The first-order chi connectivity index (χ1) is 17.2. The summed E-state index contributed by atoms with van der Waals surface area (Å²) in [6, 6.07) is 32.7. The van der Waals surface area contributed by atoms with E-state index in [1.165, 1.54) is 0 Å². The van der Waals surface area contributed by atoms with Crippen molar-refractivity contribution in [3.63, 3.8) is 0 Å². The van der Waals surface area contributed by atoms with Crippen LogP contribution in [0.2, 0.25) is 0 Å². The van der Waals surface area contributed by atoms with Gasteiger partial charge in [0.2, 0.25) is 0 Å². The Morgan fingerprint density at radius 3 is 2.17 bits per heavy atom. The maximum Gasteiger partial charge on any atom is 0.172 e. The zero-order valence-electron chi connectivity index (χ0n) is 18.6. The molecule has 0 spiro atoms. The van der Waals surface area contributed by atoms with Crippen LogP contribution < -0.4 is 15.9 Å². The van der Waals surface area contributed by atoms with Gasteiger partial charge in [0.15, 0.2) is 7.14 Å². The Kier molecular flexibility index (Phi) is 3.63. The summed E-state index contributed by atoms with van der Waals surface area (Å²) in [6.07, 6.45) is 3.72. The van der Waals surface area contributed by atoms with Gasteiger partial charge in [-0.15, -0.1) is 0 Å². The molecule has 4 aromatic carbocycles. The second-order valence-electron chi connectivity index (χ2n) is 9.03. The van der Waals surface area contributed by atoms with Gasteiger partial charge in [-0.25, -0.2) is 4.98 Å². The van der Waals surface area contributed by atoms with Crippen LogP contribution in [0.1, 0.15) is 0 Å². The van der Waals surface area contributed by atoms with Crippen molar-refractivity contribution in [3.8, 4) is 11.1 Å². The minimum atomic E-state index is -3.02. The van der Waals surface area contributed by atoms with Crippen molar-refractivity contribution in [2.45, 2.75) is 0 Å². The molecule has 4 nitrogen and oxygen atoms in total. The summed E-state index contributed by atoms with van der Waals surface area (Å²) in [4.78, 5) is 9.39. The summed E-state index contributed by atoms with van der Waals surface area (Å²) in [5, 5.41) is 5.92. The molecule has 35 heavy (non-hydrogen) atoms. The molecule has 0 amide bonds. The number of benzene rings is 4. The summed E-state index contributed by atoms with van der Waals surface area (Å²) >= 11 is 0. The van der Waals surface area contributed by atoms with Gasteiger partial charge in [0.1, 0.15) is 5.65 Å². The number of rotatable bonds is 1. The Labute approximate surface area is 200 Å². The van der Waals surface area contributed by atoms with Crippen LogP contribution in [-0.2, 0) is 4.57 Å². The maximum absolute atomic E-state index is 15.0. The van der Waals surface area contributed by atoms with Gasteiger partial charge in [-0.2, -0.15) is 0 Å². The molecule has 0 bridgehead atoms. The summed E-state index contributed by atoms with van der Waals surface area (Å²) in [6.45, 7) is 0. The molecule has 1 aliphatic heterocycles. The maximum atomic E-state index is 15.0. The Morgan fingerprint density at radius 1 is 0.657 bits per heavy atom. The Hall–Kier alpha value is -4.27. The van der Waals surface area contributed by atoms with Crippen molar-refractivity contribution >= 4 is 61.4 Å². The second kappa shape index (κ2) is 6.65. The summed E-state index contributed by atoms with van der Waals surface area (Å²) in [5.74, 6) is 0. The van der Waals surface area contributed by atoms with E-state index in [4.69, 9.17) is 4.98 Å². The average Bonchev–Trinajstić information content (AvgIpc) is 3.44. The minimum Gasteiger partial charge on any atom is -0.309 e. The highest BCUT2D eigenvalue weighted by atomic mass is 31.2. The molecule has 8 rings (SSSR count). The molecule has 0 aliphatic carbocycles. The second-order valence-corrected chi connectivity index (χ2v) is 11.7. The third-order valence-corrected chi connectivity index (χ3v) is 10.4. The van der Waals surface area contributed by atoms with Gasteiger partial charge in [-0.1, -0.05) is 66.7 Å².